The van der Waals surface area contributed by atoms with Gasteiger partial charge < -0.3 is 25.6 Å². The van der Waals surface area contributed by atoms with Gasteiger partial charge >= 0.3 is 6.09 Å². The molecular formula is C11H14N2O5. The molecule has 1 aromatic rings. The zero-order valence-electron chi connectivity index (χ0n) is 9.77. The van der Waals surface area contributed by atoms with Crippen LogP contribution in [0.2, 0.25) is 0 Å². The Morgan fingerprint density at radius 3 is 2.22 bits per heavy atom. The van der Waals surface area contributed by atoms with E-state index in [1.165, 1.54) is 19.2 Å². The number of phenolic OH excluding ortho intramolecular Hbond substituents is 2. The summed E-state index contributed by atoms with van der Waals surface area (Å²) in [5, 5.41) is 23.3. The SMILES string of the molecule is COC(=O)NCCNC(=O)c1cc(O)cc(O)c1. The van der Waals surface area contributed by atoms with E-state index in [0.29, 0.717) is 0 Å². The molecule has 1 aromatic carbocycles. The molecule has 2 amide bonds. The quantitative estimate of drug-likeness (QED) is 0.573. The van der Waals surface area contributed by atoms with E-state index in [0.717, 1.165) is 6.07 Å². The number of rotatable bonds is 4. The number of carbonyl (C=O) groups excluding carboxylic acids is 2. The van der Waals surface area contributed by atoms with Crippen LogP contribution in [-0.4, -0.2) is 42.4 Å². The first-order valence-electron chi connectivity index (χ1n) is 5.16. The Balaban J connectivity index is 2.43. The van der Waals surface area contributed by atoms with Crippen LogP contribution >= 0.6 is 0 Å². The van der Waals surface area contributed by atoms with Crippen LogP contribution in [0.4, 0.5) is 4.79 Å². The van der Waals surface area contributed by atoms with Gasteiger partial charge in [0.25, 0.3) is 5.91 Å². The molecule has 0 aliphatic heterocycles. The fraction of sp³-hybridized carbons (Fsp3) is 0.273. The third-order valence-corrected chi connectivity index (χ3v) is 2.03. The average Bonchev–Trinajstić information content (AvgIpc) is 2.32. The molecule has 1 rings (SSSR count). The van der Waals surface area contributed by atoms with E-state index in [1.54, 1.807) is 0 Å². The molecule has 0 bridgehead atoms. The van der Waals surface area contributed by atoms with Crippen molar-refractivity contribution >= 4 is 12.0 Å². The molecule has 4 N–H and O–H groups in total. The van der Waals surface area contributed by atoms with Gasteiger partial charge in [-0.15, -0.1) is 0 Å². The minimum atomic E-state index is -0.584. The first-order chi connectivity index (χ1) is 8.52. The van der Waals surface area contributed by atoms with Crippen molar-refractivity contribution in [3.63, 3.8) is 0 Å². The van der Waals surface area contributed by atoms with Gasteiger partial charge in [0.15, 0.2) is 0 Å². The van der Waals surface area contributed by atoms with Crippen molar-refractivity contribution in [2.24, 2.45) is 0 Å². The number of alkyl carbamates (subject to hydrolysis) is 1. The van der Waals surface area contributed by atoms with Crippen molar-refractivity contribution in [2.45, 2.75) is 0 Å². The highest BCUT2D eigenvalue weighted by Crippen LogP contribution is 2.19. The number of methoxy groups -OCH3 is 1. The minimum absolute atomic E-state index is 0.130. The lowest BCUT2D eigenvalue weighted by atomic mass is 10.2. The van der Waals surface area contributed by atoms with Gasteiger partial charge in [0.1, 0.15) is 11.5 Å². The van der Waals surface area contributed by atoms with E-state index in [2.05, 4.69) is 15.4 Å². The normalized spacial score (nSPS) is 9.61. The van der Waals surface area contributed by atoms with Crippen LogP contribution in [0.5, 0.6) is 11.5 Å². The molecule has 0 spiro atoms. The molecule has 0 fully saturated rings. The standard InChI is InChI=1S/C11H14N2O5/c1-18-11(17)13-3-2-12-10(16)7-4-8(14)6-9(15)5-7/h4-6,14-15H,2-3H2,1H3,(H,12,16)(H,13,17). The van der Waals surface area contributed by atoms with Gasteiger partial charge in [0.05, 0.1) is 7.11 Å². The second-order valence-corrected chi connectivity index (χ2v) is 3.41. The number of hydrogen-bond acceptors (Lipinski definition) is 5. The largest absolute Gasteiger partial charge is 0.508 e. The second kappa shape index (κ2) is 6.33. The lowest BCUT2D eigenvalue weighted by molar-refractivity contribution is 0.0952. The Morgan fingerprint density at radius 2 is 1.67 bits per heavy atom. The molecule has 0 heterocycles. The van der Waals surface area contributed by atoms with Gasteiger partial charge in [0, 0.05) is 24.7 Å². The third kappa shape index (κ3) is 4.20. The van der Waals surface area contributed by atoms with Crippen LogP contribution < -0.4 is 10.6 Å². The molecule has 18 heavy (non-hydrogen) atoms. The van der Waals surface area contributed by atoms with Crippen LogP contribution in [-0.2, 0) is 4.74 Å². The summed E-state index contributed by atoms with van der Waals surface area (Å²) in [6.07, 6.45) is -0.584. The molecular weight excluding hydrogens is 240 g/mol. The number of benzene rings is 1. The predicted molar refractivity (Wildman–Crippen MR) is 62.5 cm³/mol. The summed E-state index contributed by atoms with van der Waals surface area (Å²) in [6, 6.07) is 3.57. The number of carbonyl (C=O) groups is 2. The Hall–Kier alpha value is -2.44. The van der Waals surface area contributed by atoms with E-state index in [1.807, 2.05) is 0 Å². The monoisotopic (exact) mass is 254 g/mol. The van der Waals surface area contributed by atoms with Gasteiger partial charge in [-0.1, -0.05) is 0 Å². The molecule has 98 valence electrons. The molecule has 0 saturated carbocycles. The van der Waals surface area contributed by atoms with Gasteiger partial charge in [-0.05, 0) is 12.1 Å². The molecule has 0 atom stereocenters. The van der Waals surface area contributed by atoms with Crippen LogP contribution in [0, 0.1) is 0 Å². The van der Waals surface area contributed by atoms with E-state index >= 15 is 0 Å². The van der Waals surface area contributed by atoms with Crippen molar-refractivity contribution in [1.29, 1.82) is 0 Å². The van der Waals surface area contributed by atoms with Crippen LogP contribution in [0.15, 0.2) is 18.2 Å². The summed E-state index contributed by atoms with van der Waals surface area (Å²) in [7, 11) is 1.24. The van der Waals surface area contributed by atoms with E-state index in [4.69, 9.17) is 0 Å². The Morgan fingerprint density at radius 1 is 1.11 bits per heavy atom. The lowest BCUT2D eigenvalue weighted by Crippen LogP contribution is -2.34. The Labute approximate surface area is 103 Å². The molecule has 7 heteroatoms. The topological polar surface area (TPSA) is 108 Å². The first-order valence-corrected chi connectivity index (χ1v) is 5.16. The maximum atomic E-state index is 11.6. The molecule has 0 aliphatic rings. The first kappa shape index (κ1) is 13.6. The summed E-state index contributed by atoms with van der Waals surface area (Å²) in [5.41, 5.74) is 0.130. The maximum Gasteiger partial charge on any atom is 0.406 e. The fourth-order valence-corrected chi connectivity index (χ4v) is 1.24. The van der Waals surface area contributed by atoms with E-state index in [-0.39, 0.29) is 30.2 Å². The van der Waals surface area contributed by atoms with Gasteiger partial charge in [-0.2, -0.15) is 0 Å². The van der Waals surface area contributed by atoms with Crippen LogP contribution in [0.1, 0.15) is 10.4 Å². The van der Waals surface area contributed by atoms with Gasteiger partial charge in [-0.3, -0.25) is 4.79 Å². The van der Waals surface area contributed by atoms with Gasteiger partial charge in [0.2, 0.25) is 0 Å². The third-order valence-electron chi connectivity index (χ3n) is 2.03. The number of amides is 2. The molecule has 0 aliphatic carbocycles. The molecule has 7 nitrogen and oxygen atoms in total. The number of ether oxygens (including phenoxy) is 1. The minimum Gasteiger partial charge on any atom is -0.508 e. The summed E-state index contributed by atoms with van der Waals surface area (Å²) in [6.45, 7) is 0.410. The smallest absolute Gasteiger partial charge is 0.406 e. The summed E-state index contributed by atoms with van der Waals surface area (Å²) in [5.74, 6) is -0.867. The van der Waals surface area contributed by atoms with Crippen LogP contribution in [0.25, 0.3) is 0 Å². The van der Waals surface area contributed by atoms with E-state index < -0.39 is 12.0 Å². The van der Waals surface area contributed by atoms with Crippen molar-refractivity contribution in [2.75, 3.05) is 20.2 Å². The molecule has 0 saturated heterocycles. The molecule has 0 unspecified atom stereocenters. The zero-order chi connectivity index (χ0) is 13.5. The zero-order valence-corrected chi connectivity index (χ0v) is 9.77. The highest BCUT2D eigenvalue weighted by Gasteiger charge is 2.08. The molecule has 0 aromatic heterocycles. The Bertz CT molecular complexity index is 427. The summed E-state index contributed by atoms with van der Waals surface area (Å²) in [4.78, 5) is 22.3. The second-order valence-electron chi connectivity index (χ2n) is 3.41. The summed E-state index contributed by atoms with van der Waals surface area (Å²) >= 11 is 0. The Kier molecular flexibility index (Phi) is 4.79. The van der Waals surface area contributed by atoms with Crippen molar-refractivity contribution < 1.29 is 24.5 Å². The number of aromatic hydroxyl groups is 2. The number of nitrogens with one attached hydrogen (secondary N) is 2. The van der Waals surface area contributed by atoms with Gasteiger partial charge in [-0.25, -0.2) is 4.79 Å². The summed E-state index contributed by atoms with van der Waals surface area (Å²) < 4.78 is 4.34. The van der Waals surface area contributed by atoms with Crippen molar-refractivity contribution in [3.8, 4) is 11.5 Å². The maximum absolute atomic E-state index is 11.6. The highest BCUT2D eigenvalue weighted by molar-refractivity contribution is 5.95. The number of phenols is 2. The fourth-order valence-electron chi connectivity index (χ4n) is 1.24. The average molecular weight is 254 g/mol. The molecule has 0 radical (unpaired) electrons. The van der Waals surface area contributed by atoms with Crippen molar-refractivity contribution in [1.82, 2.24) is 10.6 Å². The van der Waals surface area contributed by atoms with Crippen LogP contribution in [0.3, 0.4) is 0 Å². The predicted octanol–water partition coefficient (Wildman–Crippen LogP) is 0.184. The number of hydrogen-bond donors (Lipinski definition) is 4. The lowest BCUT2D eigenvalue weighted by Gasteiger charge is -2.07. The highest BCUT2D eigenvalue weighted by atomic mass is 16.5. The van der Waals surface area contributed by atoms with E-state index in [9.17, 15) is 19.8 Å². The van der Waals surface area contributed by atoms with Crippen molar-refractivity contribution in [3.05, 3.63) is 23.8 Å².